The van der Waals surface area contributed by atoms with Gasteiger partial charge in [-0.15, -0.1) is 0 Å². The van der Waals surface area contributed by atoms with E-state index in [1.165, 1.54) is 24.3 Å². The van der Waals surface area contributed by atoms with Crippen LogP contribution < -0.4 is 10.1 Å². The van der Waals surface area contributed by atoms with Crippen LogP contribution >= 0.6 is 11.8 Å². The topological polar surface area (TPSA) is 47.0 Å². The Morgan fingerprint density at radius 1 is 1.39 bits per heavy atom. The predicted octanol–water partition coefficient (Wildman–Crippen LogP) is 2.74. The summed E-state index contributed by atoms with van der Waals surface area (Å²) in [7, 11) is 0. The minimum Gasteiger partial charge on any atom is -0.478 e. The average molecular weight is 267 g/mol. The van der Waals surface area contributed by atoms with E-state index in [2.05, 4.69) is 27.0 Å². The van der Waals surface area contributed by atoms with Gasteiger partial charge in [-0.2, -0.15) is 16.7 Å². The summed E-state index contributed by atoms with van der Waals surface area (Å²) in [6, 6.07) is 1.88. The number of nitrogens with zero attached hydrogens (tertiary/aromatic N) is 2. The second-order valence-corrected chi connectivity index (χ2v) is 5.73. The van der Waals surface area contributed by atoms with Gasteiger partial charge in [0.15, 0.2) is 0 Å². The highest BCUT2D eigenvalue weighted by Gasteiger charge is 2.13. The quantitative estimate of drug-likeness (QED) is 0.889. The number of anilines is 1. The molecule has 1 N–H and O–H groups in total. The Hall–Kier alpha value is -0.970. The summed E-state index contributed by atoms with van der Waals surface area (Å²) in [4.78, 5) is 8.63. The number of thioether (sulfide) groups is 1. The zero-order valence-corrected chi connectivity index (χ0v) is 11.9. The molecule has 2 heterocycles. The van der Waals surface area contributed by atoms with Gasteiger partial charge in [-0.1, -0.05) is 0 Å². The summed E-state index contributed by atoms with van der Waals surface area (Å²) >= 11 is 2.06. The van der Waals surface area contributed by atoms with Crippen LogP contribution in [0.1, 0.15) is 25.6 Å². The van der Waals surface area contributed by atoms with E-state index in [-0.39, 0.29) is 0 Å². The molecular formula is C13H21N3OS. The van der Waals surface area contributed by atoms with Crippen LogP contribution in [0.15, 0.2) is 6.07 Å². The molecule has 1 fully saturated rings. The zero-order chi connectivity index (χ0) is 12.8. The standard InChI is InChI=1S/C13H21N3OS/c1-3-17-13-8-12(15-10(2)16-13)14-9-11-4-6-18-7-5-11/h8,11H,3-7,9H2,1-2H3,(H,14,15,16). The predicted molar refractivity (Wildman–Crippen MR) is 76.5 cm³/mol. The molecule has 0 spiro atoms. The average Bonchev–Trinajstić information content (AvgIpc) is 2.37. The molecule has 1 saturated heterocycles. The van der Waals surface area contributed by atoms with Gasteiger partial charge in [0.25, 0.3) is 0 Å². The van der Waals surface area contributed by atoms with E-state index in [1.807, 2.05) is 19.9 Å². The molecule has 100 valence electrons. The molecule has 18 heavy (non-hydrogen) atoms. The largest absolute Gasteiger partial charge is 0.478 e. The van der Waals surface area contributed by atoms with Crippen LogP contribution in [0.2, 0.25) is 0 Å². The summed E-state index contributed by atoms with van der Waals surface area (Å²) in [5.74, 6) is 5.65. The maximum absolute atomic E-state index is 5.42. The van der Waals surface area contributed by atoms with Crippen molar-refractivity contribution in [2.45, 2.75) is 26.7 Å². The maximum atomic E-state index is 5.42. The first-order chi connectivity index (χ1) is 8.78. The number of hydrogen-bond donors (Lipinski definition) is 1. The normalized spacial score (nSPS) is 16.6. The highest BCUT2D eigenvalue weighted by atomic mass is 32.2. The molecule has 1 aromatic rings. The lowest BCUT2D eigenvalue weighted by atomic mass is 10.0. The molecule has 2 rings (SSSR count). The van der Waals surface area contributed by atoms with Gasteiger partial charge < -0.3 is 10.1 Å². The molecule has 0 radical (unpaired) electrons. The molecule has 0 bridgehead atoms. The lowest BCUT2D eigenvalue weighted by Crippen LogP contribution is -2.19. The fraction of sp³-hybridized carbons (Fsp3) is 0.692. The second-order valence-electron chi connectivity index (χ2n) is 4.51. The lowest BCUT2D eigenvalue weighted by Gasteiger charge is -2.21. The first kappa shape index (κ1) is 13.5. The zero-order valence-electron chi connectivity index (χ0n) is 11.1. The Kier molecular flexibility index (Phi) is 5.11. The van der Waals surface area contributed by atoms with Gasteiger partial charge in [-0.25, -0.2) is 4.98 Å². The summed E-state index contributed by atoms with van der Waals surface area (Å²) in [6.07, 6.45) is 2.61. The van der Waals surface area contributed by atoms with E-state index in [4.69, 9.17) is 4.74 Å². The van der Waals surface area contributed by atoms with Crippen LogP contribution in [0.5, 0.6) is 5.88 Å². The van der Waals surface area contributed by atoms with E-state index in [0.29, 0.717) is 12.5 Å². The molecule has 0 atom stereocenters. The van der Waals surface area contributed by atoms with Crippen molar-refractivity contribution in [1.29, 1.82) is 0 Å². The van der Waals surface area contributed by atoms with E-state index in [0.717, 1.165) is 24.1 Å². The fourth-order valence-corrected chi connectivity index (χ4v) is 3.26. The van der Waals surface area contributed by atoms with Gasteiger partial charge in [-0.05, 0) is 44.1 Å². The monoisotopic (exact) mass is 267 g/mol. The fourth-order valence-electron chi connectivity index (χ4n) is 2.05. The van der Waals surface area contributed by atoms with Gasteiger partial charge in [-0.3, -0.25) is 0 Å². The van der Waals surface area contributed by atoms with Crippen molar-refractivity contribution in [3.63, 3.8) is 0 Å². The van der Waals surface area contributed by atoms with Gasteiger partial charge in [0, 0.05) is 12.6 Å². The Labute approximate surface area is 113 Å². The Morgan fingerprint density at radius 2 is 2.17 bits per heavy atom. The highest BCUT2D eigenvalue weighted by molar-refractivity contribution is 7.99. The van der Waals surface area contributed by atoms with Crippen molar-refractivity contribution in [2.24, 2.45) is 5.92 Å². The van der Waals surface area contributed by atoms with Crippen molar-refractivity contribution >= 4 is 17.6 Å². The van der Waals surface area contributed by atoms with Crippen LogP contribution in [0.3, 0.4) is 0 Å². The van der Waals surface area contributed by atoms with Crippen molar-refractivity contribution in [1.82, 2.24) is 9.97 Å². The van der Waals surface area contributed by atoms with Crippen LogP contribution in [0, 0.1) is 12.8 Å². The smallest absolute Gasteiger partial charge is 0.218 e. The van der Waals surface area contributed by atoms with E-state index < -0.39 is 0 Å². The van der Waals surface area contributed by atoms with Crippen LogP contribution in [-0.4, -0.2) is 34.6 Å². The highest BCUT2D eigenvalue weighted by Crippen LogP contribution is 2.23. The van der Waals surface area contributed by atoms with Gasteiger partial charge in [0.1, 0.15) is 11.6 Å². The molecule has 1 aromatic heterocycles. The molecule has 0 saturated carbocycles. The number of nitrogens with one attached hydrogen (secondary N) is 1. The van der Waals surface area contributed by atoms with Crippen LogP contribution in [0.25, 0.3) is 0 Å². The van der Waals surface area contributed by atoms with Crippen molar-refractivity contribution in [3.05, 3.63) is 11.9 Å². The Balaban J connectivity index is 1.91. The van der Waals surface area contributed by atoms with Crippen molar-refractivity contribution < 1.29 is 4.74 Å². The minimum absolute atomic E-state index is 0.635. The third kappa shape index (κ3) is 4.05. The molecule has 4 nitrogen and oxygen atoms in total. The van der Waals surface area contributed by atoms with E-state index >= 15 is 0 Å². The van der Waals surface area contributed by atoms with E-state index in [1.54, 1.807) is 0 Å². The van der Waals surface area contributed by atoms with Crippen LogP contribution in [-0.2, 0) is 0 Å². The van der Waals surface area contributed by atoms with Crippen LogP contribution in [0.4, 0.5) is 5.82 Å². The first-order valence-electron chi connectivity index (χ1n) is 6.58. The number of ether oxygens (including phenoxy) is 1. The van der Waals surface area contributed by atoms with Crippen molar-refractivity contribution in [3.8, 4) is 5.88 Å². The Bertz CT molecular complexity index is 380. The summed E-state index contributed by atoms with van der Waals surface area (Å²) in [6.45, 7) is 5.49. The van der Waals surface area contributed by atoms with Gasteiger partial charge in [0.2, 0.25) is 5.88 Å². The lowest BCUT2D eigenvalue weighted by molar-refractivity contribution is 0.325. The third-order valence-electron chi connectivity index (χ3n) is 3.02. The number of rotatable bonds is 5. The second kappa shape index (κ2) is 6.83. The molecule has 0 aliphatic carbocycles. The summed E-state index contributed by atoms with van der Waals surface area (Å²) < 4.78 is 5.42. The summed E-state index contributed by atoms with van der Waals surface area (Å²) in [5.41, 5.74) is 0. The molecule has 1 aliphatic rings. The number of aromatic nitrogens is 2. The maximum Gasteiger partial charge on any atom is 0.218 e. The Morgan fingerprint density at radius 3 is 2.89 bits per heavy atom. The first-order valence-corrected chi connectivity index (χ1v) is 7.73. The van der Waals surface area contributed by atoms with Gasteiger partial charge >= 0.3 is 0 Å². The van der Waals surface area contributed by atoms with E-state index in [9.17, 15) is 0 Å². The molecular weight excluding hydrogens is 246 g/mol. The molecule has 0 aromatic carbocycles. The van der Waals surface area contributed by atoms with Gasteiger partial charge in [0.05, 0.1) is 6.61 Å². The number of hydrogen-bond acceptors (Lipinski definition) is 5. The minimum atomic E-state index is 0.635. The molecule has 5 heteroatoms. The third-order valence-corrected chi connectivity index (χ3v) is 4.07. The SMILES string of the molecule is CCOc1cc(NCC2CCSCC2)nc(C)n1. The summed E-state index contributed by atoms with van der Waals surface area (Å²) in [5, 5.41) is 3.41. The number of aryl methyl sites for hydroxylation is 1. The molecule has 0 amide bonds. The molecule has 1 aliphatic heterocycles. The van der Waals surface area contributed by atoms with Crippen molar-refractivity contribution in [2.75, 3.05) is 30.0 Å². The molecule has 0 unspecified atom stereocenters.